The summed E-state index contributed by atoms with van der Waals surface area (Å²) in [6.45, 7) is 0. The molecule has 1 saturated heterocycles. The normalized spacial score (nSPS) is 25.8. The van der Waals surface area contributed by atoms with Crippen LogP contribution in [0, 0.1) is 0 Å². The molecule has 0 amide bonds. The van der Waals surface area contributed by atoms with Crippen LogP contribution in [0.1, 0.15) is 0 Å². The maximum absolute atomic E-state index is 12.2. The van der Waals surface area contributed by atoms with Gasteiger partial charge in [-0.15, -0.1) is 11.6 Å². The fourth-order valence-electron chi connectivity index (χ4n) is 1.82. The van der Waals surface area contributed by atoms with Gasteiger partial charge in [0.05, 0.1) is 32.8 Å². The Labute approximate surface area is 135 Å². The highest BCUT2D eigenvalue weighted by Crippen LogP contribution is 2.26. The lowest BCUT2D eigenvalue weighted by molar-refractivity contribution is 0.563. The maximum Gasteiger partial charge on any atom is 0.240 e. The summed E-state index contributed by atoms with van der Waals surface area (Å²) in [7, 11) is -7.16. The first-order valence-corrected chi connectivity index (χ1v) is 10.3. The summed E-state index contributed by atoms with van der Waals surface area (Å²) in [5.74, 6) is -0.527. The molecular weight excluding hydrogens is 413 g/mol. The van der Waals surface area contributed by atoms with Gasteiger partial charge in [0, 0.05) is 4.47 Å². The number of hydrogen-bond donors (Lipinski definition) is 1. The minimum absolute atomic E-state index is 0.0121. The molecule has 1 heterocycles. The molecule has 0 aromatic heterocycles. The molecule has 0 saturated carbocycles. The first-order chi connectivity index (χ1) is 9.11. The van der Waals surface area contributed by atoms with Crippen LogP contribution < -0.4 is 4.72 Å². The summed E-state index contributed by atoms with van der Waals surface area (Å²) in [4.78, 5) is -0.0121. The van der Waals surface area contributed by atoms with Crippen LogP contribution in [-0.4, -0.2) is 39.8 Å². The zero-order chi connectivity index (χ0) is 15.1. The van der Waals surface area contributed by atoms with Crippen LogP contribution >= 0.6 is 39.1 Å². The predicted octanol–water partition coefficient (Wildman–Crippen LogP) is 1.79. The van der Waals surface area contributed by atoms with Crippen molar-refractivity contribution in [2.45, 2.75) is 16.3 Å². The highest BCUT2D eigenvalue weighted by Gasteiger charge is 2.38. The van der Waals surface area contributed by atoms with E-state index >= 15 is 0 Å². The van der Waals surface area contributed by atoms with Crippen LogP contribution in [0.3, 0.4) is 0 Å². The van der Waals surface area contributed by atoms with Crippen LogP contribution in [0.25, 0.3) is 0 Å². The van der Waals surface area contributed by atoms with Crippen molar-refractivity contribution in [1.82, 2.24) is 4.72 Å². The predicted molar refractivity (Wildman–Crippen MR) is 81.6 cm³/mol. The zero-order valence-electron chi connectivity index (χ0n) is 9.88. The fourth-order valence-corrected chi connectivity index (χ4v) is 6.50. The number of hydrogen-bond acceptors (Lipinski definition) is 4. The minimum atomic E-state index is -3.85. The lowest BCUT2D eigenvalue weighted by atomic mass is 10.3. The summed E-state index contributed by atoms with van der Waals surface area (Å²) in [5, 5.41) is -0.395. The highest BCUT2D eigenvalue weighted by atomic mass is 79.9. The Morgan fingerprint density at radius 3 is 2.45 bits per heavy atom. The van der Waals surface area contributed by atoms with E-state index in [0.717, 1.165) is 0 Å². The van der Waals surface area contributed by atoms with E-state index in [1.54, 1.807) is 0 Å². The monoisotopic (exact) mass is 421 g/mol. The smallest absolute Gasteiger partial charge is 0.229 e. The summed E-state index contributed by atoms with van der Waals surface area (Å²) >= 11 is 14.8. The van der Waals surface area contributed by atoms with E-state index < -0.39 is 31.3 Å². The van der Waals surface area contributed by atoms with Crippen molar-refractivity contribution in [3.05, 3.63) is 27.7 Å². The quantitative estimate of drug-likeness (QED) is 0.753. The molecule has 0 bridgehead atoms. The SMILES string of the molecule is O=S1(=O)CC(Cl)C(NS(=O)(=O)c2ccc(Cl)c(Br)c2)C1. The molecule has 112 valence electrons. The van der Waals surface area contributed by atoms with E-state index in [1.165, 1.54) is 18.2 Å². The third-order valence-electron chi connectivity index (χ3n) is 2.79. The van der Waals surface area contributed by atoms with E-state index in [4.69, 9.17) is 23.2 Å². The van der Waals surface area contributed by atoms with Crippen molar-refractivity contribution in [2.24, 2.45) is 0 Å². The van der Waals surface area contributed by atoms with E-state index in [9.17, 15) is 16.8 Å². The van der Waals surface area contributed by atoms with Crippen molar-refractivity contribution in [2.75, 3.05) is 11.5 Å². The van der Waals surface area contributed by atoms with Gasteiger partial charge in [-0.1, -0.05) is 11.6 Å². The molecule has 5 nitrogen and oxygen atoms in total. The van der Waals surface area contributed by atoms with E-state index in [-0.39, 0.29) is 16.4 Å². The number of sulfonamides is 1. The van der Waals surface area contributed by atoms with Crippen LogP contribution in [0.4, 0.5) is 0 Å². The van der Waals surface area contributed by atoms with Gasteiger partial charge in [0.15, 0.2) is 9.84 Å². The Bertz CT molecular complexity index is 736. The van der Waals surface area contributed by atoms with Gasteiger partial charge in [-0.25, -0.2) is 21.6 Å². The number of benzene rings is 1. The van der Waals surface area contributed by atoms with Gasteiger partial charge in [0.2, 0.25) is 10.0 Å². The first-order valence-electron chi connectivity index (χ1n) is 5.42. The Hall–Kier alpha value is 0.140. The van der Waals surface area contributed by atoms with Gasteiger partial charge in [-0.2, -0.15) is 0 Å². The molecule has 1 aliphatic heterocycles. The maximum atomic E-state index is 12.2. The molecule has 2 rings (SSSR count). The molecule has 20 heavy (non-hydrogen) atoms. The van der Waals surface area contributed by atoms with Gasteiger partial charge in [0.1, 0.15) is 0 Å². The molecule has 0 radical (unpaired) electrons. The molecule has 1 aromatic carbocycles. The fraction of sp³-hybridized carbons (Fsp3) is 0.400. The highest BCUT2D eigenvalue weighted by molar-refractivity contribution is 9.10. The summed E-state index contributed by atoms with van der Waals surface area (Å²) in [6.07, 6.45) is 0. The lowest BCUT2D eigenvalue weighted by Gasteiger charge is -2.15. The van der Waals surface area contributed by atoms with Crippen molar-refractivity contribution >= 4 is 59.0 Å². The molecular formula is C10H10BrCl2NO4S2. The van der Waals surface area contributed by atoms with Crippen molar-refractivity contribution in [1.29, 1.82) is 0 Å². The third kappa shape index (κ3) is 3.66. The molecule has 0 spiro atoms. The molecule has 2 atom stereocenters. The van der Waals surface area contributed by atoms with E-state index in [1.807, 2.05) is 0 Å². The van der Waals surface area contributed by atoms with Crippen molar-refractivity contribution in [3.63, 3.8) is 0 Å². The number of sulfone groups is 1. The average molecular weight is 423 g/mol. The average Bonchev–Trinajstić information content (AvgIpc) is 2.54. The standard InChI is InChI=1S/C10H10BrCl2NO4S2/c11-7-3-6(1-2-8(7)12)20(17,18)14-10-5-19(15,16)4-9(10)13/h1-3,9-10,14H,4-5H2. The van der Waals surface area contributed by atoms with Crippen molar-refractivity contribution < 1.29 is 16.8 Å². The summed E-state index contributed by atoms with van der Waals surface area (Å²) in [6, 6.07) is 3.28. The van der Waals surface area contributed by atoms with Crippen LogP contribution in [0.2, 0.25) is 5.02 Å². The molecule has 1 N–H and O–H groups in total. The van der Waals surface area contributed by atoms with E-state index in [2.05, 4.69) is 20.7 Å². The second-order valence-corrected chi connectivity index (χ2v) is 10.1. The summed E-state index contributed by atoms with van der Waals surface area (Å²) < 4.78 is 50.0. The largest absolute Gasteiger partial charge is 0.240 e. The zero-order valence-corrected chi connectivity index (χ0v) is 14.6. The van der Waals surface area contributed by atoms with Gasteiger partial charge >= 0.3 is 0 Å². The Morgan fingerprint density at radius 1 is 1.30 bits per heavy atom. The van der Waals surface area contributed by atoms with Crippen molar-refractivity contribution in [3.8, 4) is 0 Å². The van der Waals surface area contributed by atoms with Crippen LogP contribution in [0.5, 0.6) is 0 Å². The Kier molecular flexibility index (Phi) is 4.73. The second kappa shape index (κ2) is 5.73. The molecule has 0 aliphatic carbocycles. The summed E-state index contributed by atoms with van der Waals surface area (Å²) in [5.41, 5.74) is 0. The van der Waals surface area contributed by atoms with Crippen LogP contribution in [-0.2, 0) is 19.9 Å². The number of nitrogens with one attached hydrogen (secondary N) is 1. The molecule has 1 aromatic rings. The first kappa shape index (κ1) is 16.5. The molecule has 1 aliphatic rings. The molecule has 2 unspecified atom stereocenters. The van der Waals surface area contributed by atoms with E-state index in [0.29, 0.717) is 9.50 Å². The minimum Gasteiger partial charge on any atom is -0.229 e. The number of rotatable bonds is 3. The Balaban J connectivity index is 2.26. The van der Waals surface area contributed by atoms with Gasteiger partial charge in [0.25, 0.3) is 0 Å². The Morgan fingerprint density at radius 2 is 1.95 bits per heavy atom. The number of alkyl halides is 1. The molecule has 1 fully saturated rings. The topological polar surface area (TPSA) is 80.3 Å². The van der Waals surface area contributed by atoms with Gasteiger partial charge < -0.3 is 0 Å². The molecule has 10 heteroatoms. The number of halogens is 3. The van der Waals surface area contributed by atoms with Gasteiger partial charge in [-0.3, -0.25) is 0 Å². The second-order valence-electron chi connectivity index (χ2n) is 4.40. The lowest BCUT2D eigenvalue weighted by Crippen LogP contribution is -2.40. The third-order valence-corrected chi connectivity index (χ3v) is 7.87. The van der Waals surface area contributed by atoms with Crippen LogP contribution in [0.15, 0.2) is 27.6 Å². The van der Waals surface area contributed by atoms with Gasteiger partial charge in [-0.05, 0) is 34.1 Å².